The summed E-state index contributed by atoms with van der Waals surface area (Å²) in [6.45, 7) is 2.00. The topological polar surface area (TPSA) is 79.2 Å². The van der Waals surface area contributed by atoms with E-state index in [1.807, 2.05) is 6.92 Å². The molecule has 5 nitrogen and oxygen atoms in total. The number of piperidine rings is 1. The van der Waals surface area contributed by atoms with Crippen molar-refractivity contribution in [3.05, 3.63) is 11.9 Å². The lowest BCUT2D eigenvalue weighted by atomic mass is 9.96. The minimum Gasteiger partial charge on any atom is -0.392 e. The van der Waals surface area contributed by atoms with E-state index in [1.165, 1.54) is 0 Å². The van der Waals surface area contributed by atoms with E-state index in [-0.39, 0.29) is 17.9 Å². The predicted octanol–water partition coefficient (Wildman–Crippen LogP) is -0.780. The largest absolute Gasteiger partial charge is 0.392 e. The van der Waals surface area contributed by atoms with Crippen molar-refractivity contribution in [2.75, 3.05) is 7.05 Å². The average Bonchev–Trinajstić information content (AvgIpc) is 2.12. The van der Waals surface area contributed by atoms with Crippen LogP contribution in [-0.2, 0) is 4.79 Å². The molecule has 80 valence electrons. The Bertz CT molecular complexity index is 239. The quantitative estimate of drug-likeness (QED) is 0.353. The van der Waals surface area contributed by atoms with Crippen LogP contribution < -0.4 is 21.9 Å². The average molecular weight is 198 g/mol. The number of nitrogens with one attached hydrogen (secondary N) is 3. The van der Waals surface area contributed by atoms with E-state index in [1.54, 1.807) is 13.2 Å². The molecule has 5 heteroatoms. The van der Waals surface area contributed by atoms with Crippen LogP contribution in [0, 0.1) is 0 Å². The monoisotopic (exact) mass is 198 g/mol. The van der Waals surface area contributed by atoms with E-state index < -0.39 is 0 Å². The van der Waals surface area contributed by atoms with E-state index >= 15 is 0 Å². The van der Waals surface area contributed by atoms with Gasteiger partial charge in [-0.05, 0) is 6.92 Å². The summed E-state index contributed by atoms with van der Waals surface area (Å²) >= 11 is 0. The highest BCUT2D eigenvalue weighted by atomic mass is 16.1. The van der Waals surface area contributed by atoms with Gasteiger partial charge in [0.1, 0.15) is 5.78 Å². The zero-order chi connectivity index (χ0) is 10.6. The van der Waals surface area contributed by atoms with Crippen LogP contribution in [0.5, 0.6) is 0 Å². The van der Waals surface area contributed by atoms with Crippen LogP contribution >= 0.6 is 0 Å². The summed E-state index contributed by atoms with van der Waals surface area (Å²) in [5, 5.41) is 6.20. The van der Waals surface area contributed by atoms with Gasteiger partial charge in [0, 0.05) is 32.1 Å². The van der Waals surface area contributed by atoms with Crippen LogP contribution in [-0.4, -0.2) is 24.9 Å². The number of hydrogen-bond donors (Lipinski definition) is 4. The maximum absolute atomic E-state index is 11.4. The second-order valence-corrected chi connectivity index (χ2v) is 3.60. The Morgan fingerprint density at radius 3 is 2.86 bits per heavy atom. The standard InChI is InChI=1S/C9H18N4O/c1-6-3-7(14)4-8(12-6)9(13-10)5-11-2/h5-6,8,11-13H,3-4,10H2,1-2H3/b9-5-/t6?,8-/m0/s1. The maximum atomic E-state index is 11.4. The summed E-state index contributed by atoms with van der Waals surface area (Å²) in [6, 6.07) is 0.221. The number of hydrogen-bond acceptors (Lipinski definition) is 5. The van der Waals surface area contributed by atoms with E-state index in [4.69, 9.17) is 5.84 Å². The summed E-state index contributed by atoms with van der Waals surface area (Å²) < 4.78 is 0. The molecule has 0 amide bonds. The molecule has 1 aliphatic rings. The Morgan fingerprint density at radius 2 is 2.36 bits per heavy atom. The van der Waals surface area contributed by atoms with Gasteiger partial charge >= 0.3 is 0 Å². The van der Waals surface area contributed by atoms with Crippen LogP contribution in [0.2, 0.25) is 0 Å². The fourth-order valence-corrected chi connectivity index (χ4v) is 1.71. The van der Waals surface area contributed by atoms with Crippen LogP contribution in [0.15, 0.2) is 11.9 Å². The summed E-state index contributed by atoms with van der Waals surface area (Å²) in [5.74, 6) is 5.65. The van der Waals surface area contributed by atoms with Gasteiger partial charge in [-0.1, -0.05) is 0 Å². The van der Waals surface area contributed by atoms with Crippen molar-refractivity contribution in [2.24, 2.45) is 5.84 Å². The molecule has 0 aromatic rings. The lowest BCUT2D eigenvalue weighted by Crippen LogP contribution is -2.49. The Labute approximate surface area is 84.1 Å². The highest BCUT2D eigenvalue weighted by molar-refractivity contribution is 5.81. The SMILES string of the molecule is CN/C=C(\NN)[C@@H]1CC(=O)CC(C)N1. The summed E-state index contributed by atoms with van der Waals surface area (Å²) in [4.78, 5) is 11.4. The first-order chi connectivity index (χ1) is 6.67. The molecule has 1 unspecified atom stereocenters. The third-order valence-electron chi connectivity index (χ3n) is 2.29. The van der Waals surface area contributed by atoms with Crippen molar-refractivity contribution >= 4 is 5.78 Å². The zero-order valence-electron chi connectivity index (χ0n) is 8.63. The van der Waals surface area contributed by atoms with Crippen molar-refractivity contribution in [1.29, 1.82) is 0 Å². The highest BCUT2D eigenvalue weighted by Gasteiger charge is 2.25. The minimum absolute atomic E-state index is 0.00343. The van der Waals surface area contributed by atoms with Crippen molar-refractivity contribution < 1.29 is 4.79 Å². The predicted molar refractivity (Wildman–Crippen MR) is 55.1 cm³/mol. The number of carbonyl (C=O) groups is 1. The van der Waals surface area contributed by atoms with Gasteiger partial charge in [0.25, 0.3) is 0 Å². The fourth-order valence-electron chi connectivity index (χ4n) is 1.71. The molecular weight excluding hydrogens is 180 g/mol. The number of nitrogens with two attached hydrogens (primary N) is 1. The van der Waals surface area contributed by atoms with Crippen molar-refractivity contribution in [1.82, 2.24) is 16.1 Å². The number of carbonyl (C=O) groups excluding carboxylic acids is 1. The van der Waals surface area contributed by atoms with Gasteiger partial charge in [-0.25, -0.2) is 0 Å². The van der Waals surface area contributed by atoms with Gasteiger partial charge in [-0.3, -0.25) is 10.6 Å². The van der Waals surface area contributed by atoms with Crippen molar-refractivity contribution in [3.8, 4) is 0 Å². The lowest BCUT2D eigenvalue weighted by molar-refractivity contribution is -0.121. The van der Waals surface area contributed by atoms with Gasteiger partial charge < -0.3 is 16.1 Å². The molecule has 0 aliphatic carbocycles. The number of Topliss-reactive ketones (excluding diaryl/α,β-unsaturated/α-hetero) is 1. The lowest BCUT2D eigenvalue weighted by Gasteiger charge is -2.29. The molecule has 1 heterocycles. The normalized spacial score (nSPS) is 28.8. The highest BCUT2D eigenvalue weighted by Crippen LogP contribution is 2.13. The molecule has 0 radical (unpaired) electrons. The van der Waals surface area contributed by atoms with E-state index in [0.717, 1.165) is 5.70 Å². The molecule has 0 aromatic heterocycles. The molecule has 5 N–H and O–H groups in total. The fraction of sp³-hybridized carbons (Fsp3) is 0.667. The van der Waals surface area contributed by atoms with Crippen LogP contribution in [0.25, 0.3) is 0 Å². The van der Waals surface area contributed by atoms with E-state index in [0.29, 0.717) is 12.8 Å². The Kier molecular flexibility index (Phi) is 3.91. The van der Waals surface area contributed by atoms with Gasteiger partial charge in [-0.15, -0.1) is 0 Å². The third-order valence-corrected chi connectivity index (χ3v) is 2.29. The third kappa shape index (κ3) is 2.71. The first-order valence-corrected chi connectivity index (χ1v) is 4.79. The molecule has 2 atom stereocenters. The first-order valence-electron chi connectivity index (χ1n) is 4.79. The van der Waals surface area contributed by atoms with Gasteiger partial charge in [0.2, 0.25) is 0 Å². The summed E-state index contributed by atoms with van der Waals surface area (Å²) in [5.41, 5.74) is 3.41. The van der Waals surface area contributed by atoms with Gasteiger partial charge in [0.15, 0.2) is 0 Å². The molecule has 0 saturated carbocycles. The first kappa shape index (κ1) is 11.0. The van der Waals surface area contributed by atoms with E-state index in [9.17, 15) is 4.79 Å². The second kappa shape index (κ2) is 4.97. The zero-order valence-corrected chi connectivity index (χ0v) is 8.63. The molecule has 14 heavy (non-hydrogen) atoms. The van der Waals surface area contributed by atoms with Crippen molar-refractivity contribution in [3.63, 3.8) is 0 Å². The Hall–Kier alpha value is -1.07. The number of rotatable bonds is 3. The Balaban J connectivity index is 2.66. The molecule has 0 spiro atoms. The van der Waals surface area contributed by atoms with Crippen molar-refractivity contribution in [2.45, 2.75) is 31.8 Å². The molecule has 1 fully saturated rings. The summed E-state index contributed by atoms with van der Waals surface area (Å²) in [6.07, 6.45) is 2.87. The molecule has 1 saturated heterocycles. The molecule has 0 aromatic carbocycles. The van der Waals surface area contributed by atoms with Gasteiger partial charge in [0.05, 0.1) is 11.7 Å². The maximum Gasteiger partial charge on any atom is 0.136 e. The van der Waals surface area contributed by atoms with Crippen LogP contribution in [0.4, 0.5) is 0 Å². The molecule has 0 bridgehead atoms. The number of ketones is 1. The molecule has 1 rings (SSSR count). The molecule has 1 aliphatic heterocycles. The van der Waals surface area contributed by atoms with E-state index in [2.05, 4.69) is 16.1 Å². The second-order valence-electron chi connectivity index (χ2n) is 3.60. The smallest absolute Gasteiger partial charge is 0.136 e. The minimum atomic E-state index is 0.00343. The number of hydrazine groups is 1. The van der Waals surface area contributed by atoms with Crippen LogP contribution in [0.1, 0.15) is 19.8 Å². The summed E-state index contributed by atoms with van der Waals surface area (Å²) in [7, 11) is 1.80. The van der Waals surface area contributed by atoms with Crippen LogP contribution in [0.3, 0.4) is 0 Å². The van der Waals surface area contributed by atoms with Gasteiger partial charge in [-0.2, -0.15) is 0 Å². The molecular formula is C9H18N4O. The Morgan fingerprint density at radius 1 is 1.64 bits per heavy atom.